The monoisotopic (exact) mass is 317 g/mol. The van der Waals surface area contributed by atoms with E-state index in [0.717, 1.165) is 0 Å². The summed E-state index contributed by atoms with van der Waals surface area (Å²) in [6.45, 7) is 5.86. The molecular weight excluding hydrogens is 294 g/mol. The Morgan fingerprint density at radius 1 is 1.09 bits per heavy atom. The highest BCUT2D eigenvalue weighted by atomic mass is 16.6. The van der Waals surface area contributed by atoms with E-state index in [0.29, 0.717) is 25.9 Å². The number of likely N-dealkylation sites (tertiary alicyclic amines) is 1. The van der Waals surface area contributed by atoms with E-state index in [-0.39, 0.29) is 0 Å². The lowest BCUT2D eigenvalue weighted by Crippen LogP contribution is -2.47. The number of carboxylic acid groups (broad SMARTS) is 2. The summed E-state index contributed by atoms with van der Waals surface area (Å²) in [6, 6.07) is 0. The van der Waals surface area contributed by atoms with Gasteiger partial charge in [-0.05, 0) is 39.5 Å². The molecule has 0 spiro atoms. The molecule has 3 N–H and O–H groups in total. The van der Waals surface area contributed by atoms with Gasteiger partial charge in [-0.25, -0.2) is 4.79 Å². The molecule has 1 atom stereocenters. The van der Waals surface area contributed by atoms with E-state index in [1.54, 1.807) is 20.8 Å². The highest BCUT2D eigenvalue weighted by molar-refractivity contribution is 5.93. The second kappa shape index (κ2) is 6.95. The number of carboxylic acids is 2. The number of nitrogens with zero attached hydrogens (tertiary/aromatic N) is 1. The van der Waals surface area contributed by atoms with E-state index in [4.69, 9.17) is 14.9 Å². The fraction of sp³-hybridized carbons (Fsp3) is 0.786. The number of hydrogen-bond donors (Lipinski definition) is 3. The van der Waals surface area contributed by atoms with Gasteiger partial charge in [0.2, 0.25) is 0 Å². The lowest BCUT2D eigenvalue weighted by atomic mass is 9.84. The minimum atomic E-state index is -1.85. The molecule has 8 heteroatoms. The van der Waals surface area contributed by atoms with Gasteiger partial charge in [-0.1, -0.05) is 0 Å². The average Bonchev–Trinajstić information content (AvgIpc) is 2.35. The Labute approximate surface area is 128 Å². The normalized spacial score (nSPS) is 18.1. The highest BCUT2D eigenvalue weighted by Crippen LogP contribution is 2.26. The van der Waals surface area contributed by atoms with Crippen LogP contribution in [0, 0.1) is 11.8 Å². The molecule has 1 saturated heterocycles. The van der Waals surface area contributed by atoms with Crippen LogP contribution in [-0.2, 0) is 14.3 Å². The number of carbonyl (C=O) groups is 3. The van der Waals surface area contributed by atoms with Crippen molar-refractivity contribution in [3.63, 3.8) is 0 Å². The van der Waals surface area contributed by atoms with Crippen LogP contribution in [0.25, 0.3) is 0 Å². The Morgan fingerprint density at radius 3 is 1.91 bits per heavy atom. The second-order valence-electron chi connectivity index (χ2n) is 6.45. The van der Waals surface area contributed by atoms with Gasteiger partial charge in [-0.2, -0.15) is 0 Å². The van der Waals surface area contributed by atoms with Gasteiger partial charge in [0, 0.05) is 13.1 Å². The number of carbonyl (C=O) groups excluding carboxylic acids is 1. The van der Waals surface area contributed by atoms with Crippen molar-refractivity contribution in [2.45, 2.75) is 45.3 Å². The maximum absolute atomic E-state index is 11.9. The van der Waals surface area contributed by atoms with Crippen molar-refractivity contribution in [3.8, 4) is 0 Å². The van der Waals surface area contributed by atoms with Crippen LogP contribution in [-0.4, -0.2) is 63.0 Å². The number of piperidine rings is 1. The predicted octanol–water partition coefficient (Wildman–Crippen LogP) is 0.780. The van der Waals surface area contributed by atoms with Crippen LogP contribution >= 0.6 is 0 Å². The van der Waals surface area contributed by atoms with E-state index >= 15 is 0 Å². The molecule has 1 aliphatic rings. The molecule has 22 heavy (non-hydrogen) atoms. The standard InChI is InChI=1S/C14H23NO7/c1-14(2,3)22-13(21)15-6-4-8(5-7-15)10(16)9(11(17)18)12(19)20/h8-10,16H,4-7H2,1-3H3,(H,17,18)(H,19,20). The van der Waals surface area contributed by atoms with Crippen LogP contribution in [0.4, 0.5) is 4.79 Å². The predicted molar refractivity (Wildman–Crippen MR) is 75.3 cm³/mol. The van der Waals surface area contributed by atoms with Gasteiger partial charge in [0.1, 0.15) is 5.60 Å². The molecule has 0 radical (unpaired) electrons. The summed E-state index contributed by atoms with van der Waals surface area (Å²) in [5.41, 5.74) is -0.606. The summed E-state index contributed by atoms with van der Waals surface area (Å²) in [5.74, 6) is -5.45. The zero-order valence-electron chi connectivity index (χ0n) is 13.0. The number of aliphatic hydroxyl groups excluding tert-OH is 1. The molecule has 1 amide bonds. The Bertz CT molecular complexity index is 421. The molecule has 1 unspecified atom stereocenters. The van der Waals surface area contributed by atoms with E-state index in [2.05, 4.69) is 0 Å². The molecule has 0 aromatic carbocycles. The Morgan fingerprint density at radius 2 is 1.55 bits per heavy atom. The first kappa shape index (κ1) is 18.2. The van der Waals surface area contributed by atoms with Gasteiger partial charge < -0.3 is 25.0 Å². The van der Waals surface area contributed by atoms with Crippen LogP contribution in [0.15, 0.2) is 0 Å². The van der Waals surface area contributed by atoms with Gasteiger partial charge in [0.15, 0.2) is 5.92 Å². The Hall–Kier alpha value is -1.83. The second-order valence-corrected chi connectivity index (χ2v) is 6.45. The maximum atomic E-state index is 11.9. The first-order valence-corrected chi connectivity index (χ1v) is 7.14. The minimum Gasteiger partial charge on any atom is -0.481 e. The van der Waals surface area contributed by atoms with Crippen LogP contribution < -0.4 is 0 Å². The zero-order valence-corrected chi connectivity index (χ0v) is 13.0. The fourth-order valence-corrected chi connectivity index (χ4v) is 2.42. The molecule has 1 rings (SSSR count). The number of hydrogen-bond acceptors (Lipinski definition) is 5. The van der Waals surface area contributed by atoms with E-state index in [1.807, 2.05) is 0 Å². The van der Waals surface area contributed by atoms with Crippen molar-refractivity contribution in [2.75, 3.05) is 13.1 Å². The summed E-state index contributed by atoms with van der Waals surface area (Å²) in [7, 11) is 0. The van der Waals surface area contributed by atoms with Gasteiger partial charge >= 0.3 is 18.0 Å². The van der Waals surface area contributed by atoms with Crippen molar-refractivity contribution in [2.24, 2.45) is 11.8 Å². The lowest BCUT2D eigenvalue weighted by Gasteiger charge is -2.35. The average molecular weight is 317 g/mol. The molecule has 0 bridgehead atoms. The van der Waals surface area contributed by atoms with Crippen LogP contribution in [0.1, 0.15) is 33.6 Å². The smallest absolute Gasteiger partial charge is 0.410 e. The molecule has 1 fully saturated rings. The van der Waals surface area contributed by atoms with Crippen molar-refractivity contribution in [1.29, 1.82) is 0 Å². The maximum Gasteiger partial charge on any atom is 0.410 e. The summed E-state index contributed by atoms with van der Waals surface area (Å²) >= 11 is 0. The van der Waals surface area contributed by atoms with E-state index in [1.165, 1.54) is 4.90 Å². The van der Waals surface area contributed by atoms with Crippen molar-refractivity contribution < 1.29 is 34.4 Å². The summed E-state index contributed by atoms with van der Waals surface area (Å²) in [5, 5.41) is 27.8. The lowest BCUT2D eigenvalue weighted by molar-refractivity contribution is -0.162. The van der Waals surface area contributed by atoms with E-state index < -0.39 is 41.6 Å². The van der Waals surface area contributed by atoms with Gasteiger partial charge in [-0.3, -0.25) is 9.59 Å². The zero-order chi connectivity index (χ0) is 17.1. The molecule has 0 aromatic heterocycles. The van der Waals surface area contributed by atoms with Gasteiger partial charge in [-0.15, -0.1) is 0 Å². The largest absolute Gasteiger partial charge is 0.481 e. The number of ether oxygens (including phenoxy) is 1. The molecular formula is C14H23NO7. The molecule has 126 valence electrons. The third kappa shape index (κ3) is 4.87. The Kier molecular flexibility index (Phi) is 5.76. The number of amides is 1. The number of aliphatic carboxylic acids is 2. The summed E-state index contributed by atoms with van der Waals surface area (Å²) in [6.07, 6.45) is -1.28. The van der Waals surface area contributed by atoms with Crippen LogP contribution in [0.2, 0.25) is 0 Å². The third-order valence-electron chi connectivity index (χ3n) is 3.55. The van der Waals surface area contributed by atoms with Crippen LogP contribution in [0.5, 0.6) is 0 Å². The molecule has 0 aliphatic carbocycles. The third-order valence-corrected chi connectivity index (χ3v) is 3.55. The molecule has 1 heterocycles. The first-order valence-electron chi connectivity index (χ1n) is 7.14. The molecule has 0 aromatic rings. The molecule has 0 saturated carbocycles. The molecule has 8 nitrogen and oxygen atoms in total. The van der Waals surface area contributed by atoms with Crippen molar-refractivity contribution in [3.05, 3.63) is 0 Å². The van der Waals surface area contributed by atoms with Crippen molar-refractivity contribution >= 4 is 18.0 Å². The fourth-order valence-electron chi connectivity index (χ4n) is 2.42. The number of aliphatic hydroxyl groups is 1. The quantitative estimate of drug-likeness (QED) is 0.654. The van der Waals surface area contributed by atoms with Gasteiger partial charge in [0.25, 0.3) is 0 Å². The van der Waals surface area contributed by atoms with Crippen LogP contribution in [0.3, 0.4) is 0 Å². The summed E-state index contributed by atoms with van der Waals surface area (Å²) in [4.78, 5) is 35.2. The Balaban J connectivity index is 2.59. The number of rotatable bonds is 4. The minimum absolute atomic E-state index is 0.294. The molecule has 1 aliphatic heterocycles. The first-order chi connectivity index (χ1) is 10.0. The van der Waals surface area contributed by atoms with Gasteiger partial charge in [0.05, 0.1) is 6.10 Å². The van der Waals surface area contributed by atoms with E-state index in [9.17, 15) is 19.5 Å². The topological polar surface area (TPSA) is 124 Å². The summed E-state index contributed by atoms with van der Waals surface area (Å²) < 4.78 is 5.23. The highest BCUT2D eigenvalue weighted by Gasteiger charge is 2.40. The van der Waals surface area contributed by atoms with Crippen molar-refractivity contribution in [1.82, 2.24) is 4.90 Å². The SMILES string of the molecule is CC(C)(C)OC(=O)N1CCC(C(O)C(C(=O)O)C(=O)O)CC1.